The van der Waals surface area contributed by atoms with Crippen molar-refractivity contribution in [2.24, 2.45) is 0 Å². The van der Waals surface area contributed by atoms with Gasteiger partial charge in [0.1, 0.15) is 29.8 Å². The minimum Gasteiger partial charge on any atom is -0.507 e. The standard InChI is InChI=1S/C33H32ClF2N7O4/c1-7-20(45)41-11-12-42-18(13-41)32(46)40(6)29-23-28(24(34)22(25(29)36)21-17(35)9-8-10-19(21)44)43(33(47)39-31(23)42)30-26(15(2)3)37-14-38-27(30)16(4)5/h7-10,14-16,18,44H,1,11-13H2,2-6H3. The van der Waals surface area contributed by atoms with Crippen molar-refractivity contribution in [2.75, 3.05) is 36.5 Å². The highest BCUT2D eigenvalue weighted by atomic mass is 35.5. The van der Waals surface area contributed by atoms with E-state index in [9.17, 15) is 19.5 Å². The van der Waals surface area contributed by atoms with Gasteiger partial charge in [0.05, 0.1) is 50.8 Å². The molecule has 2 amide bonds. The molecule has 2 aliphatic rings. The predicted molar refractivity (Wildman–Crippen MR) is 174 cm³/mol. The number of phenols is 1. The van der Waals surface area contributed by atoms with Crippen molar-refractivity contribution in [1.82, 2.24) is 24.4 Å². The molecule has 0 aliphatic carbocycles. The van der Waals surface area contributed by atoms with Crippen molar-refractivity contribution in [2.45, 2.75) is 45.6 Å². The number of anilines is 2. The van der Waals surface area contributed by atoms with Crippen LogP contribution in [0.5, 0.6) is 5.75 Å². The highest BCUT2D eigenvalue weighted by Crippen LogP contribution is 2.50. The molecule has 11 nitrogen and oxygen atoms in total. The summed E-state index contributed by atoms with van der Waals surface area (Å²) in [5.41, 5.74) is -1.08. The molecule has 14 heteroatoms. The zero-order chi connectivity index (χ0) is 34.1. The molecule has 4 aromatic rings. The number of aromatic hydroxyl groups is 1. The number of carbonyl (C=O) groups excluding carboxylic acids is 2. The number of hydrogen-bond acceptors (Lipinski definition) is 8. The van der Waals surface area contributed by atoms with E-state index in [2.05, 4.69) is 21.5 Å². The summed E-state index contributed by atoms with van der Waals surface area (Å²) in [4.78, 5) is 58.6. The highest BCUT2D eigenvalue weighted by molar-refractivity contribution is 6.39. The van der Waals surface area contributed by atoms with Crippen LogP contribution in [-0.2, 0) is 9.59 Å². The maximum absolute atomic E-state index is 17.1. The van der Waals surface area contributed by atoms with E-state index in [1.165, 1.54) is 35.0 Å². The summed E-state index contributed by atoms with van der Waals surface area (Å²) in [5, 5.41) is 10.4. The van der Waals surface area contributed by atoms with Crippen molar-refractivity contribution >= 4 is 45.8 Å². The van der Waals surface area contributed by atoms with Gasteiger partial charge in [0.25, 0.3) is 5.91 Å². The molecular weight excluding hydrogens is 632 g/mol. The van der Waals surface area contributed by atoms with Crippen molar-refractivity contribution in [3.8, 4) is 22.6 Å². The molecule has 1 N–H and O–H groups in total. The number of nitrogens with zero attached hydrogens (tertiary/aromatic N) is 7. The fourth-order valence-corrected chi connectivity index (χ4v) is 6.84. The quantitative estimate of drug-likeness (QED) is 0.299. The van der Waals surface area contributed by atoms with Crippen molar-refractivity contribution < 1.29 is 23.5 Å². The van der Waals surface area contributed by atoms with Gasteiger partial charge in [0, 0.05) is 25.7 Å². The molecule has 1 unspecified atom stereocenters. The first kappa shape index (κ1) is 32.0. The Bertz CT molecular complexity index is 2020. The van der Waals surface area contributed by atoms with Crippen LogP contribution in [0, 0.1) is 11.6 Å². The number of fused-ring (bicyclic) bond motifs is 2. The number of piperazine rings is 1. The molecule has 4 heterocycles. The van der Waals surface area contributed by atoms with E-state index in [0.29, 0.717) is 11.4 Å². The van der Waals surface area contributed by atoms with Gasteiger partial charge < -0.3 is 19.8 Å². The van der Waals surface area contributed by atoms with Crippen LogP contribution in [0.3, 0.4) is 0 Å². The van der Waals surface area contributed by atoms with E-state index in [1.807, 2.05) is 27.7 Å². The van der Waals surface area contributed by atoms with Gasteiger partial charge in [-0.3, -0.25) is 14.2 Å². The lowest BCUT2D eigenvalue weighted by molar-refractivity contribution is -0.128. The molecular formula is C33H32ClF2N7O4. The Balaban J connectivity index is 1.84. The summed E-state index contributed by atoms with van der Waals surface area (Å²) >= 11 is 7.11. The van der Waals surface area contributed by atoms with Crippen LogP contribution < -0.4 is 15.5 Å². The molecule has 244 valence electrons. The fraction of sp³-hybridized carbons (Fsp3) is 0.333. The third-order valence-corrected chi connectivity index (χ3v) is 9.06. The normalized spacial score (nSPS) is 16.3. The van der Waals surface area contributed by atoms with Gasteiger partial charge in [0.2, 0.25) is 5.91 Å². The second kappa shape index (κ2) is 11.7. The number of likely N-dealkylation sites (N-methyl/N-ethyl adjacent to an activating group) is 1. The Kier molecular flexibility index (Phi) is 7.99. The van der Waals surface area contributed by atoms with Gasteiger partial charge in [-0.05, 0) is 30.0 Å². The molecule has 2 aromatic heterocycles. The lowest BCUT2D eigenvalue weighted by Crippen LogP contribution is -2.60. The number of aromatic nitrogens is 4. The van der Waals surface area contributed by atoms with Crippen LogP contribution in [0.2, 0.25) is 5.02 Å². The van der Waals surface area contributed by atoms with Crippen LogP contribution in [0.15, 0.2) is 42.0 Å². The lowest BCUT2D eigenvalue weighted by Gasteiger charge is -2.40. The zero-order valence-electron chi connectivity index (χ0n) is 26.4. The van der Waals surface area contributed by atoms with E-state index in [4.69, 9.17) is 11.6 Å². The molecule has 0 radical (unpaired) electrons. The Morgan fingerprint density at radius 2 is 1.72 bits per heavy atom. The van der Waals surface area contributed by atoms with Gasteiger partial charge in [-0.15, -0.1) is 0 Å². The highest BCUT2D eigenvalue weighted by Gasteiger charge is 2.44. The summed E-state index contributed by atoms with van der Waals surface area (Å²) in [6.45, 7) is 11.2. The van der Waals surface area contributed by atoms with Crippen LogP contribution >= 0.6 is 11.6 Å². The summed E-state index contributed by atoms with van der Waals surface area (Å²) < 4.78 is 33.8. The Morgan fingerprint density at radius 1 is 1.06 bits per heavy atom. The van der Waals surface area contributed by atoms with Gasteiger partial charge in [-0.2, -0.15) is 4.98 Å². The average molecular weight is 664 g/mol. The molecule has 2 aromatic carbocycles. The molecule has 6 rings (SSSR count). The second-order valence-electron chi connectivity index (χ2n) is 12.2. The Morgan fingerprint density at radius 3 is 2.32 bits per heavy atom. The van der Waals surface area contributed by atoms with Crippen molar-refractivity contribution in [1.29, 1.82) is 0 Å². The van der Waals surface area contributed by atoms with Gasteiger partial charge in [0.15, 0.2) is 5.82 Å². The number of amides is 2. The first-order chi connectivity index (χ1) is 22.3. The number of rotatable bonds is 5. The van der Waals surface area contributed by atoms with Crippen LogP contribution in [0.4, 0.5) is 20.3 Å². The number of hydrogen-bond donors (Lipinski definition) is 1. The average Bonchev–Trinajstić information content (AvgIpc) is 3.12. The van der Waals surface area contributed by atoms with Crippen LogP contribution in [-0.4, -0.2) is 74.1 Å². The first-order valence-corrected chi connectivity index (χ1v) is 15.4. The fourth-order valence-electron chi connectivity index (χ4n) is 6.48. The third kappa shape index (κ3) is 4.82. The van der Waals surface area contributed by atoms with Gasteiger partial charge in [-0.1, -0.05) is 51.9 Å². The molecule has 0 bridgehead atoms. The Hall–Kier alpha value is -4.91. The second-order valence-corrected chi connectivity index (χ2v) is 12.5. The summed E-state index contributed by atoms with van der Waals surface area (Å²) in [6.07, 6.45) is 2.54. The maximum Gasteiger partial charge on any atom is 0.354 e. The number of phenolic OH excluding ortho intramolecular Hbond substituents is 1. The topological polar surface area (TPSA) is 125 Å². The van der Waals surface area contributed by atoms with Gasteiger partial charge in [-0.25, -0.2) is 23.5 Å². The zero-order valence-corrected chi connectivity index (χ0v) is 27.1. The molecule has 1 saturated heterocycles. The molecule has 1 atom stereocenters. The molecule has 1 fully saturated rings. The monoisotopic (exact) mass is 663 g/mol. The smallest absolute Gasteiger partial charge is 0.354 e. The SMILES string of the molecule is C=CC(=O)N1CCN2c3nc(=O)n(-c4c(C(C)C)ncnc4C(C)C)c4c(Cl)c(-c5c(O)cccc5F)c(F)c(c34)N(C)C(=O)C2C1. The van der Waals surface area contributed by atoms with E-state index in [1.54, 1.807) is 4.90 Å². The maximum atomic E-state index is 17.1. The summed E-state index contributed by atoms with van der Waals surface area (Å²) in [5.74, 6) is -4.16. The number of benzene rings is 2. The number of halogens is 3. The lowest BCUT2D eigenvalue weighted by atomic mass is 9.97. The van der Waals surface area contributed by atoms with Crippen molar-refractivity contribution in [3.63, 3.8) is 0 Å². The van der Waals surface area contributed by atoms with E-state index < -0.39 is 57.1 Å². The predicted octanol–water partition coefficient (Wildman–Crippen LogP) is 4.91. The van der Waals surface area contributed by atoms with E-state index in [0.717, 1.165) is 17.0 Å². The number of carbonyl (C=O) groups is 2. The largest absolute Gasteiger partial charge is 0.507 e. The van der Waals surface area contributed by atoms with Crippen LogP contribution in [0.25, 0.3) is 27.7 Å². The summed E-state index contributed by atoms with van der Waals surface area (Å²) in [6, 6.07) is 2.41. The minimum atomic E-state index is -1.11. The molecule has 0 saturated carbocycles. The van der Waals surface area contributed by atoms with E-state index >= 15 is 8.78 Å². The molecule has 47 heavy (non-hydrogen) atoms. The van der Waals surface area contributed by atoms with Crippen LogP contribution in [0.1, 0.15) is 50.9 Å². The van der Waals surface area contributed by atoms with Gasteiger partial charge >= 0.3 is 5.69 Å². The third-order valence-electron chi connectivity index (χ3n) is 8.70. The summed E-state index contributed by atoms with van der Waals surface area (Å²) in [7, 11) is 1.35. The minimum absolute atomic E-state index is 0.0155. The molecule has 2 aliphatic heterocycles. The van der Waals surface area contributed by atoms with E-state index in [-0.39, 0.29) is 59.6 Å². The van der Waals surface area contributed by atoms with Crippen molar-refractivity contribution in [3.05, 3.63) is 75.7 Å². The first-order valence-electron chi connectivity index (χ1n) is 15.1. The Labute approximate surface area is 273 Å². The molecule has 0 spiro atoms.